The predicted octanol–water partition coefficient (Wildman–Crippen LogP) is -0.372. The Balaban J connectivity index is 2.08. The molecule has 0 fully saturated rings. The zero-order chi connectivity index (χ0) is 16.1. The van der Waals surface area contributed by atoms with E-state index < -0.39 is 17.9 Å². The molecule has 1 atom stereocenters. The number of fused-ring (bicyclic) bond motifs is 1. The number of aliphatic carboxylic acids is 1. The van der Waals surface area contributed by atoms with Crippen LogP contribution < -0.4 is 15.0 Å². The lowest BCUT2D eigenvalue weighted by atomic mass is 10.2. The number of carboxylic acid groups (broad SMARTS) is 1. The molecule has 1 aliphatic heterocycles. The Bertz CT molecular complexity index is 588. The Hall–Kier alpha value is -2.61. The SMILES string of the molecule is COCC(NC(=O)CN1C(=O)COc2ccccc21)C(=O)O. The molecule has 0 bridgehead atoms. The van der Waals surface area contributed by atoms with E-state index in [-0.39, 0.29) is 25.7 Å². The molecular weight excluding hydrogens is 292 g/mol. The molecule has 1 heterocycles. The Kier molecular flexibility index (Phi) is 4.95. The molecule has 0 aliphatic carbocycles. The van der Waals surface area contributed by atoms with E-state index in [1.807, 2.05) is 0 Å². The summed E-state index contributed by atoms with van der Waals surface area (Å²) in [6.07, 6.45) is 0. The number of benzene rings is 1. The highest BCUT2D eigenvalue weighted by atomic mass is 16.5. The van der Waals surface area contributed by atoms with Gasteiger partial charge < -0.3 is 19.9 Å². The maximum absolute atomic E-state index is 12.0. The van der Waals surface area contributed by atoms with Crippen LogP contribution in [0.2, 0.25) is 0 Å². The lowest BCUT2D eigenvalue weighted by molar-refractivity contribution is -0.143. The van der Waals surface area contributed by atoms with Crippen molar-refractivity contribution in [3.8, 4) is 5.75 Å². The fraction of sp³-hybridized carbons (Fsp3) is 0.357. The molecule has 1 aliphatic rings. The Labute approximate surface area is 126 Å². The topological polar surface area (TPSA) is 105 Å². The van der Waals surface area contributed by atoms with Gasteiger partial charge in [-0.3, -0.25) is 14.5 Å². The summed E-state index contributed by atoms with van der Waals surface area (Å²) in [6, 6.07) is 5.66. The van der Waals surface area contributed by atoms with Crippen molar-refractivity contribution in [2.45, 2.75) is 6.04 Å². The van der Waals surface area contributed by atoms with Gasteiger partial charge in [-0.1, -0.05) is 12.1 Å². The van der Waals surface area contributed by atoms with Gasteiger partial charge >= 0.3 is 5.97 Å². The number of anilines is 1. The first-order chi connectivity index (χ1) is 10.5. The Morgan fingerprint density at radius 2 is 2.18 bits per heavy atom. The van der Waals surface area contributed by atoms with E-state index in [0.717, 1.165) is 0 Å². The molecule has 8 nitrogen and oxygen atoms in total. The molecule has 22 heavy (non-hydrogen) atoms. The molecule has 8 heteroatoms. The van der Waals surface area contributed by atoms with Crippen molar-refractivity contribution in [2.75, 3.05) is 31.8 Å². The number of carboxylic acids is 1. The van der Waals surface area contributed by atoms with Crippen molar-refractivity contribution >= 4 is 23.5 Å². The summed E-state index contributed by atoms with van der Waals surface area (Å²) in [4.78, 5) is 36.2. The standard InChI is InChI=1S/C14H16N2O6/c1-21-7-9(14(19)20)15-12(17)6-16-10-4-2-3-5-11(10)22-8-13(16)18/h2-5,9H,6-8H2,1H3,(H,15,17)(H,19,20). The number of para-hydroxylation sites is 2. The maximum atomic E-state index is 12.0. The molecule has 1 aromatic carbocycles. The summed E-state index contributed by atoms with van der Waals surface area (Å²) in [6.45, 7) is -0.605. The molecule has 0 radical (unpaired) electrons. The number of carbonyl (C=O) groups excluding carboxylic acids is 2. The van der Waals surface area contributed by atoms with E-state index in [9.17, 15) is 14.4 Å². The van der Waals surface area contributed by atoms with Crippen LogP contribution in [-0.2, 0) is 19.1 Å². The Morgan fingerprint density at radius 1 is 1.45 bits per heavy atom. The zero-order valence-electron chi connectivity index (χ0n) is 11.9. The summed E-state index contributed by atoms with van der Waals surface area (Å²) in [7, 11) is 1.34. The summed E-state index contributed by atoms with van der Waals surface area (Å²) >= 11 is 0. The third kappa shape index (κ3) is 3.53. The number of nitrogens with one attached hydrogen (secondary N) is 1. The first-order valence-electron chi connectivity index (χ1n) is 6.56. The van der Waals surface area contributed by atoms with Crippen molar-refractivity contribution in [1.82, 2.24) is 5.32 Å². The number of methoxy groups -OCH3 is 1. The van der Waals surface area contributed by atoms with Gasteiger partial charge in [0.1, 0.15) is 12.3 Å². The summed E-state index contributed by atoms with van der Waals surface area (Å²) in [5.41, 5.74) is 0.479. The summed E-state index contributed by atoms with van der Waals surface area (Å²) in [5.74, 6) is -1.66. The van der Waals surface area contributed by atoms with Gasteiger partial charge in [0.05, 0.1) is 12.3 Å². The molecule has 2 amide bonds. The van der Waals surface area contributed by atoms with Crippen LogP contribution in [0.3, 0.4) is 0 Å². The number of hydrogen-bond donors (Lipinski definition) is 2. The lowest BCUT2D eigenvalue weighted by Gasteiger charge is -2.29. The quantitative estimate of drug-likeness (QED) is 0.743. The van der Waals surface area contributed by atoms with E-state index >= 15 is 0 Å². The minimum Gasteiger partial charge on any atom is -0.482 e. The highest BCUT2D eigenvalue weighted by Gasteiger charge is 2.28. The van der Waals surface area contributed by atoms with Gasteiger partial charge in [-0.15, -0.1) is 0 Å². The second kappa shape index (κ2) is 6.90. The first-order valence-corrected chi connectivity index (χ1v) is 6.56. The molecule has 0 aromatic heterocycles. The van der Waals surface area contributed by atoms with Gasteiger partial charge in [0, 0.05) is 7.11 Å². The first kappa shape index (κ1) is 15.8. The predicted molar refractivity (Wildman–Crippen MR) is 75.7 cm³/mol. The van der Waals surface area contributed by atoms with Crippen molar-refractivity contribution in [2.24, 2.45) is 0 Å². The van der Waals surface area contributed by atoms with Crippen LogP contribution in [0.5, 0.6) is 5.75 Å². The number of hydrogen-bond acceptors (Lipinski definition) is 5. The number of rotatable bonds is 6. The number of carbonyl (C=O) groups is 3. The van der Waals surface area contributed by atoms with E-state index in [4.69, 9.17) is 14.6 Å². The average Bonchev–Trinajstić information content (AvgIpc) is 2.49. The minimum atomic E-state index is -1.20. The third-order valence-corrected chi connectivity index (χ3v) is 3.08. The van der Waals surface area contributed by atoms with Gasteiger partial charge in [0.15, 0.2) is 12.6 Å². The third-order valence-electron chi connectivity index (χ3n) is 3.08. The highest BCUT2D eigenvalue weighted by molar-refractivity contribution is 6.02. The average molecular weight is 308 g/mol. The fourth-order valence-corrected chi connectivity index (χ4v) is 2.05. The van der Waals surface area contributed by atoms with Crippen molar-refractivity contribution in [1.29, 1.82) is 0 Å². The lowest BCUT2D eigenvalue weighted by Crippen LogP contribution is -2.50. The van der Waals surface area contributed by atoms with Crippen LogP contribution >= 0.6 is 0 Å². The minimum absolute atomic E-state index is 0.158. The molecule has 0 saturated heterocycles. The second-order valence-electron chi connectivity index (χ2n) is 4.65. The monoisotopic (exact) mass is 308 g/mol. The molecule has 2 rings (SSSR count). The van der Waals surface area contributed by atoms with Gasteiger partial charge in [-0.25, -0.2) is 4.79 Å². The van der Waals surface area contributed by atoms with E-state index in [1.165, 1.54) is 12.0 Å². The van der Waals surface area contributed by atoms with Gasteiger partial charge in [0.2, 0.25) is 5.91 Å². The summed E-state index contributed by atoms with van der Waals surface area (Å²) in [5, 5.41) is 11.3. The second-order valence-corrected chi connectivity index (χ2v) is 4.65. The van der Waals surface area contributed by atoms with Gasteiger partial charge in [0.25, 0.3) is 5.91 Å². The summed E-state index contributed by atoms with van der Waals surface area (Å²) < 4.78 is 10.0. The molecule has 1 unspecified atom stereocenters. The Morgan fingerprint density at radius 3 is 2.86 bits per heavy atom. The van der Waals surface area contributed by atoms with Crippen LogP contribution in [0.15, 0.2) is 24.3 Å². The van der Waals surface area contributed by atoms with Crippen LogP contribution in [0.4, 0.5) is 5.69 Å². The van der Waals surface area contributed by atoms with Crippen molar-refractivity contribution in [3.63, 3.8) is 0 Å². The molecule has 0 spiro atoms. The normalized spacial score (nSPS) is 14.8. The number of ether oxygens (including phenoxy) is 2. The van der Waals surface area contributed by atoms with Crippen molar-refractivity contribution < 1.29 is 29.0 Å². The van der Waals surface area contributed by atoms with Crippen molar-refractivity contribution in [3.05, 3.63) is 24.3 Å². The number of nitrogens with zero attached hydrogens (tertiary/aromatic N) is 1. The molecule has 1 aromatic rings. The molecule has 0 saturated carbocycles. The van der Waals surface area contributed by atoms with E-state index in [2.05, 4.69) is 5.32 Å². The van der Waals surface area contributed by atoms with Crippen LogP contribution in [0, 0.1) is 0 Å². The largest absolute Gasteiger partial charge is 0.482 e. The van der Waals surface area contributed by atoms with Gasteiger partial charge in [-0.05, 0) is 12.1 Å². The highest BCUT2D eigenvalue weighted by Crippen LogP contribution is 2.31. The van der Waals surface area contributed by atoms with Crippen LogP contribution in [0.1, 0.15) is 0 Å². The molecule has 118 valence electrons. The number of amides is 2. The zero-order valence-corrected chi connectivity index (χ0v) is 11.9. The fourth-order valence-electron chi connectivity index (χ4n) is 2.05. The van der Waals surface area contributed by atoms with E-state index in [0.29, 0.717) is 11.4 Å². The van der Waals surface area contributed by atoms with Crippen LogP contribution in [-0.4, -0.2) is 55.8 Å². The van der Waals surface area contributed by atoms with Crippen LogP contribution in [0.25, 0.3) is 0 Å². The van der Waals surface area contributed by atoms with Gasteiger partial charge in [-0.2, -0.15) is 0 Å². The maximum Gasteiger partial charge on any atom is 0.328 e. The molecule has 2 N–H and O–H groups in total. The molecular formula is C14H16N2O6. The van der Waals surface area contributed by atoms with E-state index in [1.54, 1.807) is 24.3 Å². The smallest absolute Gasteiger partial charge is 0.328 e.